The van der Waals surface area contributed by atoms with E-state index in [9.17, 15) is 18.4 Å². The Hall–Kier alpha value is -4.08. The van der Waals surface area contributed by atoms with E-state index in [1.807, 2.05) is 0 Å². The number of benzene rings is 2. The number of ether oxygens (including phenoxy) is 4. The first-order valence-corrected chi connectivity index (χ1v) is 9.59. The van der Waals surface area contributed by atoms with Gasteiger partial charge in [-0.2, -0.15) is 0 Å². The molecular weight excluding hydrogens is 438 g/mol. The van der Waals surface area contributed by atoms with Gasteiger partial charge in [0.25, 0.3) is 0 Å². The van der Waals surface area contributed by atoms with E-state index in [0.29, 0.717) is 27.5 Å². The maximum atomic E-state index is 13.5. The highest BCUT2D eigenvalue weighted by Gasteiger charge is 2.16. The average molecular weight is 460 g/mol. The Morgan fingerprint density at radius 2 is 1.36 bits per heavy atom. The Morgan fingerprint density at radius 3 is 1.94 bits per heavy atom. The van der Waals surface area contributed by atoms with E-state index in [1.54, 1.807) is 23.7 Å². The van der Waals surface area contributed by atoms with Gasteiger partial charge in [-0.3, -0.25) is 0 Å². The number of rotatable bonds is 4. The summed E-state index contributed by atoms with van der Waals surface area (Å²) in [7, 11) is 7.09. The molecule has 0 aliphatic heterocycles. The topological polar surface area (TPSA) is 91.8 Å². The minimum absolute atomic E-state index is 0.130. The van der Waals surface area contributed by atoms with Crippen molar-refractivity contribution in [2.45, 2.75) is 0 Å². The second-order valence-corrected chi connectivity index (χ2v) is 6.87. The number of methoxy groups -OCH3 is 4. The molecule has 1 N–H and O–H groups in total. The van der Waals surface area contributed by atoms with E-state index in [2.05, 4.69) is 14.5 Å². The van der Waals surface area contributed by atoms with Crippen LogP contribution in [0.4, 0.5) is 8.78 Å². The molecule has 2 aromatic carbocycles. The van der Waals surface area contributed by atoms with Crippen LogP contribution < -0.4 is 9.47 Å². The van der Waals surface area contributed by atoms with Crippen molar-refractivity contribution in [3.8, 4) is 11.5 Å². The molecule has 0 radical (unpaired) electrons. The van der Waals surface area contributed by atoms with Crippen LogP contribution in [-0.2, 0) is 16.5 Å². The number of H-pyrrole nitrogens is 1. The highest BCUT2D eigenvalue weighted by Crippen LogP contribution is 2.27. The number of nitrogens with zero attached hydrogens (tertiary/aromatic N) is 1. The molecule has 4 aromatic rings. The van der Waals surface area contributed by atoms with Crippen LogP contribution in [0.25, 0.3) is 21.8 Å². The van der Waals surface area contributed by atoms with Gasteiger partial charge in [0.15, 0.2) is 23.1 Å². The summed E-state index contributed by atoms with van der Waals surface area (Å²) in [5.74, 6) is -1.59. The van der Waals surface area contributed by atoms with Gasteiger partial charge >= 0.3 is 11.9 Å². The molecule has 0 aliphatic rings. The highest BCUT2D eigenvalue weighted by atomic mass is 19.1. The Morgan fingerprint density at radius 1 is 0.788 bits per heavy atom. The molecular formula is C23H22F2N2O6. The van der Waals surface area contributed by atoms with Crippen molar-refractivity contribution in [3.63, 3.8) is 0 Å². The summed E-state index contributed by atoms with van der Waals surface area (Å²) in [4.78, 5) is 25.5. The normalized spacial score (nSPS) is 10.5. The highest BCUT2D eigenvalue weighted by molar-refractivity contribution is 5.96. The van der Waals surface area contributed by atoms with Gasteiger partial charge in [0.05, 0.1) is 34.0 Å². The first-order valence-electron chi connectivity index (χ1n) is 9.59. The number of fused-ring (bicyclic) bond motifs is 2. The number of hydrogen-bond acceptors (Lipinski definition) is 6. The predicted octanol–water partition coefficient (Wildman–Crippen LogP) is 4.21. The quantitative estimate of drug-likeness (QED) is 0.459. The fourth-order valence-corrected chi connectivity index (χ4v) is 3.30. The van der Waals surface area contributed by atoms with E-state index in [0.717, 1.165) is 0 Å². The molecule has 0 saturated heterocycles. The molecule has 2 heterocycles. The second kappa shape index (κ2) is 9.60. The number of aromatic nitrogens is 2. The molecule has 0 saturated carbocycles. The number of nitrogens with one attached hydrogen (secondary N) is 1. The zero-order valence-electron chi connectivity index (χ0n) is 18.6. The number of carbonyl (C=O) groups excluding carboxylic acids is 2. The monoisotopic (exact) mass is 460 g/mol. The molecule has 0 aliphatic carbocycles. The molecule has 0 bridgehead atoms. The summed E-state index contributed by atoms with van der Waals surface area (Å²) in [5, 5.41) is 1.23. The Kier molecular flexibility index (Phi) is 6.86. The van der Waals surface area contributed by atoms with Crippen LogP contribution in [0.2, 0.25) is 0 Å². The number of aromatic amines is 1. The van der Waals surface area contributed by atoms with E-state index >= 15 is 0 Å². The molecule has 0 unspecified atom stereocenters. The van der Waals surface area contributed by atoms with Crippen LogP contribution in [0.1, 0.15) is 21.0 Å². The molecule has 10 heteroatoms. The van der Waals surface area contributed by atoms with Gasteiger partial charge in [-0.15, -0.1) is 0 Å². The maximum absolute atomic E-state index is 13.5. The van der Waals surface area contributed by atoms with Gasteiger partial charge in [0.2, 0.25) is 0 Å². The minimum atomic E-state index is -0.490. The molecule has 8 nitrogen and oxygen atoms in total. The SMILES string of the molecule is COC(=O)c1cc2cc(F)c(OC)cc2[nH]1.COC(=O)c1cc2cc(F)c(OC)cc2n1C. The van der Waals surface area contributed by atoms with Gasteiger partial charge < -0.3 is 28.5 Å². The molecule has 0 fully saturated rings. The molecule has 4 rings (SSSR count). The fourth-order valence-electron chi connectivity index (χ4n) is 3.30. The maximum Gasteiger partial charge on any atom is 0.354 e. The average Bonchev–Trinajstić information content (AvgIpc) is 3.37. The second-order valence-electron chi connectivity index (χ2n) is 6.87. The van der Waals surface area contributed by atoms with Crippen molar-refractivity contribution in [2.24, 2.45) is 7.05 Å². The van der Waals surface area contributed by atoms with Crippen LogP contribution in [0.3, 0.4) is 0 Å². The van der Waals surface area contributed by atoms with E-state index in [4.69, 9.17) is 9.47 Å². The third-order valence-electron chi connectivity index (χ3n) is 5.01. The Bertz CT molecular complexity index is 1340. The lowest BCUT2D eigenvalue weighted by atomic mass is 10.2. The summed E-state index contributed by atoms with van der Waals surface area (Å²) < 4.78 is 47.4. The van der Waals surface area contributed by atoms with Crippen LogP contribution in [0, 0.1) is 11.6 Å². The van der Waals surface area contributed by atoms with Gasteiger partial charge in [-0.05, 0) is 24.3 Å². The molecule has 33 heavy (non-hydrogen) atoms. The first kappa shape index (κ1) is 23.6. The summed E-state index contributed by atoms with van der Waals surface area (Å²) >= 11 is 0. The largest absolute Gasteiger partial charge is 0.494 e. The number of halogens is 2. The van der Waals surface area contributed by atoms with Crippen LogP contribution in [0.15, 0.2) is 36.4 Å². The van der Waals surface area contributed by atoms with E-state index < -0.39 is 23.6 Å². The van der Waals surface area contributed by atoms with E-state index in [-0.39, 0.29) is 17.2 Å². The standard InChI is InChI=1S/C12H12FNO3.C11H10FNO3/c1-14-9-6-11(16-2)8(13)4-7(9)5-10(14)12(15)17-3;1-15-10-5-8-6(3-7(10)12)4-9(13-8)11(14)16-2/h4-6H,1-3H3;3-5,13H,1-2H3. The molecule has 0 spiro atoms. The lowest BCUT2D eigenvalue weighted by Crippen LogP contribution is -2.06. The smallest absolute Gasteiger partial charge is 0.354 e. The number of hydrogen-bond donors (Lipinski definition) is 1. The first-order chi connectivity index (χ1) is 15.7. The minimum Gasteiger partial charge on any atom is -0.494 e. The van der Waals surface area contributed by atoms with Crippen molar-refractivity contribution in [1.82, 2.24) is 9.55 Å². The van der Waals surface area contributed by atoms with Gasteiger partial charge in [0, 0.05) is 35.5 Å². The zero-order valence-corrected chi connectivity index (χ0v) is 18.6. The van der Waals surface area contributed by atoms with Gasteiger partial charge in [-0.25, -0.2) is 18.4 Å². The molecule has 174 valence electrons. The van der Waals surface area contributed by atoms with Crippen LogP contribution >= 0.6 is 0 Å². The lowest BCUT2D eigenvalue weighted by Gasteiger charge is -2.04. The van der Waals surface area contributed by atoms with Crippen LogP contribution in [-0.4, -0.2) is 49.9 Å². The molecule has 0 amide bonds. The summed E-state index contributed by atoms with van der Waals surface area (Å²) in [5.41, 5.74) is 1.99. The van der Waals surface area contributed by atoms with E-state index in [1.165, 1.54) is 52.7 Å². The van der Waals surface area contributed by atoms with Crippen LogP contribution in [0.5, 0.6) is 11.5 Å². The summed E-state index contributed by atoms with van der Waals surface area (Å²) in [6, 6.07) is 8.80. The summed E-state index contributed by atoms with van der Waals surface area (Å²) in [6.45, 7) is 0. The van der Waals surface area contributed by atoms with Crippen molar-refractivity contribution in [2.75, 3.05) is 28.4 Å². The lowest BCUT2D eigenvalue weighted by molar-refractivity contribution is 0.0583. The van der Waals surface area contributed by atoms with Crippen molar-refractivity contribution in [3.05, 3.63) is 59.4 Å². The predicted molar refractivity (Wildman–Crippen MR) is 117 cm³/mol. The number of esters is 2. The number of carbonyl (C=O) groups is 2. The molecule has 2 aromatic heterocycles. The van der Waals surface area contributed by atoms with Crippen molar-refractivity contribution in [1.29, 1.82) is 0 Å². The number of aryl methyl sites for hydroxylation is 1. The Labute approximate surface area is 187 Å². The Balaban J connectivity index is 0.000000186. The zero-order chi connectivity index (χ0) is 24.3. The molecule has 0 atom stereocenters. The third kappa shape index (κ3) is 4.59. The fraction of sp³-hybridized carbons (Fsp3) is 0.217. The summed E-state index contributed by atoms with van der Waals surface area (Å²) in [6.07, 6.45) is 0. The van der Waals surface area contributed by atoms with Crippen molar-refractivity contribution >= 4 is 33.7 Å². The van der Waals surface area contributed by atoms with Crippen molar-refractivity contribution < 1.29 is 37.3 Å². The van der Waals surface area contributed by atoms with Gasteiger partial charge in [0.1, 0.15) is 11.4 Å². The van der Waals surface area contributed by atoms with Gasteiger partial charge in [-0.1, -0.05) is 0 Å². The third-order valence-corrected chi connectivity index (χ3v) is 5.01.